The number of carbonyl (C=O) groups is 1. The van der Waals surface area contributed by atoms with Crippen LogP contribution in [-0.2, 0) is 4.74 Å². The van der Waals surface area contributed by atoms with E-state index in [0.717, 1.165) is 10.9 Å². The third-order valence-electron chi connectivity index (χ3n) is 2.90. The molecule has 0 bridgehead atoms. The van der Waals surface area contributed by atoms with Crippen molar-refractivity contribution < 1.29 is 13.9 Å². The predicted octanol–water partition coefficient (Wildman–Crippen LogP) is 2.45. The Morgan fingerprint density at radius 3 is 2.89 bits per heavy atom. The maximum Gasteiger partial charge on any atom is 0.376 e. The van der Waals surface area contributed by atoms with Crippen LogP contribution >= 0.6 is 0 Å². The molecule has 2 aromatic heterocycles. The molecule has 0 unspecified atom stereocenters. The summed E-state index contributed by atoms with van der Waals surface area (Å²) in [5.41, 5.74) is 0.753. The molecule has 0 spiro atoms. The predicted molar refractivity (Wildman–Crippen MR) is 70.3 cm³/mol. The van der Waals surface area contributed by atoms with Gasteiger partial charge in [0.25, 0.3) is 0 Å². The summed E-state index contributed by atoms with van der Waals surface area (Å²) in [6.07, 6.45) is 0. The molecule has 1 aromatic carbocycles. The molecule has 3 aromatic rings. The SMILES string of the molecule is CCOC(=O)c1oc(=O)cc2c1[nH]c1ccccc12. The van der Waals surface area contributed by atoms with E-state index >= 15 is 0 Å². The number of nitrogens with one attached hydrogen (secondary N) is 1. The van der Waals surface area contributed by atoms with E-state index in [4.69, 9.17) is 9.15 Å². The third kappa shape index (κ3) is 1.79. The van der Waals surface area contributed by atoms with Crippen molar-refractivity contribution in [2.45, 2.75) is 6.92 Å². The van der Waals surface area contributed by atoms with Gasteiger partial charge in [-0.2, -0.15) is 0 Å². The minimum Gasteiger partial charge on any atom is -0.460 e. The highest BCUT2D eigenvalue weighted by molar-refractivity contribution is 6.12. The number of hydrogen-bond donors (Lipinski definition) is 1. The molecule has 3 rings (SSSR count). The second-order valence-corrected chi connectivity index (χ2v) is 4.07. The Hall–Kier alpha value is -2.56. The summed E-state index contributed by atoms with van der Waals surface area (Å²) in [6, 6.07) is 8.86. The second-order valence-electron chi connectivity index (χ2n) is 4.07. The number of carbonyl (C=O) groups excluding carboxylic acids is 1. The van der Waals surface area contributed by atoms with Crippen LogP contribution < -0.4 is 5.63 Å². The van der Waals surface area contributed by atoms with Crippen LogP contribution in [-0.4, -0.2) is 17.6 Å². The van der Waals surface area contributed by atoms with Crippen LogP contribution in [0, 0.1) is 0 Å². The molecule has 1 N–H and O–H groups in total. The molecule has 0 fully saturated rings. The van der Waals surface area contributed by atoms with Gasteiger partial charge in [0.2, 0.25) is 5.76 Å². The van der Waals surface area contributed by atoms with Gasteiger partial charge >= 0.3 is 11.6 Å². The van der Waals surface area contributed by atoms with Gasteiger partial charge < -0.3 is 14.1 Å². The number of aromatic amines is 1. The second kappa shape index (κ2) is 4.28. The van der Waals surface area contributed by atoms with E-state index in [1.165, 1.54) is 6.07 Å². The zero-order chi connectivity index (χ0) is 13.4. The van der Waals surface area contributed by atoms with Crippen molar-refractivity contribution in [3.63, 3.8) is 0 Å². The average Bonchev–Trinajstić information content (AvgIpc) is 2.77. The monoisotopic (exact) mass is 257 g/mol. The molecule has 0 aliphatic rings. The maximum atomic E-state index is 11.8. The quantitative estimate of drug-likeness (QED) is 0.716. The van der Waals surface area contributed by atoms with Gasteiger partial charge in [0.1, 0.15) is 0 Å². The Morgan fingerprint density at radius 1 is 1.32 bits per heavy atom. The fraction of sp³-hybridized carbons (Fsp3) is 0.143. The van der Waals surface area contributed by atoms with Gasteiger partial charge in [-0.25, -0.2) is 9.59 Å². The van der Waals surface area contributed by atoms with Crippen molar-refractivity contribution in [2.24, 2.45) is 0 Å². The van der Waals surface area contributed by atoms with Crippen LogP contribution in [0.5, 0.6) is 0 Å². The first-order valence-corrected chi connectivity index (χ1v) is 5.92. The molecule has 0 radical (unpaired) electrons. The first-order chi connectivity index (χ1) is 9.20. The summed E-state index contributed by atoms with van der Waals surface area (Å²) in [4.78, 5) is 26.5. The van der Waals surface area contributed by atoms with Gasteiger partial charge in [-0.3, -0.25) is 0 Å². The van der Waals surface area contributed by atoms with E-state index in [0.29, 0.717) is 10.9 Å². The molecule has 0 saturated heterocycles. The molecular weight excluding hydrogens is 246 g/mol. The zero-order valence-corrected chi connectivity index (χ0v) is 10.2. The number of hydrogen-bond acceptors (Lipinski definition) is 4. The Kier molecular flexibility index (Phi) is 2.59. The summed E-state index contributed by atoms with van der Waals surface area (Å²) < 4.78 is 9.87. The molecule has 0 atom stereocenters. The molecular formula is C14H11NO4. The van der Waals surface area contributed by atoms with Crippen LogP contribution in [0.3, 0.4) is 0 Å². The van der Waals surface area contributed by atoms with Crippen molar-refractivity contribution in [1.82, 2.24) is 4.98 Å². The maximum absolute atomic E-state index is 11.8. The van der Waals surface area contributed by atoms with Crippen molar-refractivity contribution >= 4 is 27.8 Å². The van der Waals surface area contributed by atoms with Gasteiger partial charge in [-0.05, 0) is 13.0 Å². The van der Waals surface area contributed by atoms with E-state index in [-0.39, 0.29) is 12.4 Å². The molecule has 0 saturated carbocycles. The third-order valence-corrected chi connectivity index (χ3v) is 2.90. The first-order valence-electron chi connectivity index (χ1n) is 5.92. The number of H-pyrrole nitrogens is 1. The normalized spacial score (nSPS) is 11.0. The lowest BCUT2D eigenvalue weighted by atomic mass is 10.2. The molecule has 2 heterocycles. The first kappa shape index (κ1) is 11.5. The average molecular weight is 257 g/mol. The van der Waals surface area contributed by atoms with Gasteiger partial charge in [-0.1, -0.05) is 18.2 Å². The van der Waals surface area contributed by atoms with Crippen molar-refractivity contribution in [2.75, 3.05) is 6.61 Å². The number of fused-ring (bicyclic) bond motifs is 3. The summed E-state index contributed by atoms with van der Waals surface area (Å²) in [7, 11) is 0. The lowest BCUT2D eigenvalue weighted by Crippen LogP contribution is -2.09. The lowest BCUT2D eigenvalue weighted by Gasteiger charge is -2.00. The molecule has 96 valence electrons. The summed E-state index contributed by atoms with van der Waals surface area (Å²) >= 11 is 0. The zero-order valence-electron chi connectivity index (χ0n) is 10.2. The van der Waals surface area contributed by atoms with Crippen LogP contribution in [0.4, 0.5) is 0 Å². The molecule has 5 nitrogen and oxygen atoms in total. The summed E-state index contributed by atoms with van der Waals surface area (Å²) in [6.45, 7) is 1.92. The van der Waals surface area contributed by atoms with E-state index < -0.39 is 11.6 Å². The number of rotatable bonds is 2. The van der Waals surface area contributed by atoms with Gasteiger partial charge in [0.05, 0.1) is 12.1 Å². The smallest absolute Gasteiger partial charge is 0.376 e. The van der Waals surface area contributed by atoms with E-state index in [2.05, 4.69) is 4.98 Å². The fourth-order valence-corrected chi connectivity index (χ4v) is 2.13. The van der Waals surface area contributed by atoms with Crippen LogP contribution in [0.2, 0.25) is 0 Å². The van der Waals surface area contributed by atoms with Crippen LogP contribution in [0.15, 0.2) is 39.5 Å². The Morgan fingerprint density at radius 2 is 2.11 bits per heavy atom. The summed E-state index contributed by atoms with van der Waals surface area (Å²) in [5.74, 6) is -0.725. The molecule has 0 aliphatic heterocycles. The topological polar surface area (TPSA) is 72.3 Å². The molecule has 5 heteroatoms. The Balaban J connectivity index is 2.39. The minimum absolute atomic E-state index is 0.0828. The van der Waals surface area contributed by atoms with Crippen LogP contribution in [0.25, 0.3) is 21.8 Å². The lowest BCUT2D eigenvalue weighted by molar-refractivity contribution is 0.0488. The largest absolute Gasteiger partial charge is 0.460 e. The van der Waals surface area contributed by atoms with Crippen molar-refractivity contribution in [1.29, 1.82) is 0 Å². The van der Waals surface area contributed by atoms with Crippen molar-refractivity contribution in [3.8, 4) is 0 Å². The summed E-state index contributed by atoms with van der Waals surface area (Å²) in [5, 5.41) is 1.53. The minimum atomic E-state index is -0.642. The van der Waals surface area contributed by atoms with Gasteiger partial charge in [0, 0.05) is 22.4 Å². The van der Waals surface area contributed by atoms with Crippen LogP contribution in [0.1, 0.15) is 17.5 Å². The number of benzene rings is 1. The molecule has 19 heavy (non-hydrogen) atoms. The van der Waals surface area contributed by atoms with Gasteiger partial charge in [0.15, 0.2) is 0 Å². The molecule has 0 aliphatic carbocycles. The Bertz CT molecular complexity index is 828. The standard InChI is InChI=1S/C14H11NO4/c1-2-18-14(17)13-12-9(7-11(16)19-13)8-5-3-4-6-10(8)15-12/h3-7,15H,2H2,1H3. The van der Waals surface area contributed by atoms with E-state index in [1.54, 1.807) is 6.92 Å². The highest BCUT2D eigenvalue weighted by Crippen LogP contribution is 2.26. The highest BCUT2D eigenvalue weighted by atomic mass is 16.5. The fourth-order valence-electron chi connectivity index (χ4n) is 2.13. The highest BCUT2D eigenvalue weighted by Gasteiger charge is 2.18. The van der Waals surface area contributed by atoms with E-state index in [1.807, 2.05) is 24.3 Å². The number of para-hydroxylation sites is 1. The number of aromatic nitrogens is 1. The number of ether oxygens (including phenoxy) is 1. The van der Waals surface area contributed by atoms with E-state index in [9.17, 15) is 9.59 Å². The number of esters is 1. The molecule has 0 amide bonds. The Labute approximate surface area is 107 Å². The van der Waals surface area contributed by atoms with Crippen molar-refractivity contribution in [3.05, 3.63) is 46.5 Å². The van der Waals surface area contributed by atoms with Gasteiger partial charge in [-0.15, -0.1) is 0 Å².